The van der Waals surface area contributed by atoms with Crippen LogP contribution in [0.1, 0.15) is 10.4 Å². The number of amides is 1. The molecule has 1 amide bonds. The summed E-state index contributed by atoms with van der Waals surface area (Å²) in [5.74, 6) is -0.0966. The number of rotatable bonds is 3. The number of hydrogen-bond donors (Lipinski definition) is 2. The molecule has 0 saturated carbocycles. The molecule has 0 bridgehead atoms. The first-order valence-electron chi connectivity index (χ1n) is 6.31. The molecule has 110 valence electrons. The molecule has 0 unspecified atom stereocenters. The van der Waals surface area contributed by atoms with Crippen LogP contribution in [-0.2, 0) is 0 Å². The summed E-state index contributed by atoms with van der Waals surface area (Å²) in [5.41, 5.74) is 0.132. The van der Waals surface area contributed by atoms with Crippen LogP contribution in [0.5, 0.6) is 0 Å². The lowest BCUT2D eigenvalue weighted by Gasteiger charge is -2.01. The largest absolute Gasteiger partial charge is 0.316 e. The van der Waals surface area contributed by atoms with E-state index in [9.17, 15) is 9.59 Å². The van der Waals surface area contributed by atoms with Gasteiger partial charge in [0.15, 0.2) is 11.0 Å². The summed E-state index contributed by atoms with van der Waals surface area (Å²) in [6, 6.07) is 11.7. The van der Waals surface area contributed by atoms with Crippen LogP contribution in [0.25, 0.3) is 5.82 Å². The van der Waals surface area contributed by atoms with Gasteiger partial charge in [-0.3, -0.25) is 14.7 Å². The Kier molecular flexibility index (Phi) is 3.71. The Morgan fingerprint density at radius 2 is 1.91 bits per heavy atom. The maximum atomic E-state index is 12.2. The zero-order valence-electron chi connectivity index (χ0n) is 11.2. The summed E-state index contributed by atoms with van der Waals surface area (Å²) in [6.07, 6.45) is 1.39. The number of H-pyrrole nitrogens is 1. The van der Waals surface area contributed by atoms with Gasteiger partial charge in [0.25, 0.3) is 11.5 Å². The van der Waals surface area contributed by atoms with Crippen LogP contribution in [0.2, 0.25) is 5.15 Å². The summed E-state index contributed by atoms with van der Waals surface area (Å²) in [6.45, 7) is 0. The van der Waals surface area contributed by atoms with Gasteiger partial charge in [-0.25, -0.2) is 0 Å². The van der Waals surface area contributed by atoms with Gasteiger partial charge in [-0.15, -0.1) is 10.2 Å². The third kappa shape index (κ3) is 2.75. The molecule has 0 aliphatic rings. The second-order valence-corrected chi connectivity index (χ2v) is 4.75. The third-order valence-corrected chi connectivity index (χ3v) is 3.10. The number of carbonyl (C=O) groups is 1. The van der Waals surface area contributed by atoms with Crippen LogP contribution in [0.15, 0.2) is 53.5 Å². The number of carbonyl (C=O) groups excluding carboxylic acids is 1. The lowest BCUT2D eigenvalue weighted by molar-refractivity contribution is 0.102. The monoisotopic (exact) mass is 315 g/mol. The van der Waals surface area contributed by atoms with Gasteiger partial charge < -0.3 is 5.32 Å². The first-order chi connectivity index (χ1) is 10.6. The molecule has 0 saturated heterocycles. The fraction of sp³-hybridized carbons (Fsp3) is 0. The molecular weight excluding hydrogens is 306 g/mol. The predicted octanol–water partition coefficient (Wildman–Crippen LogP) is 1.86. The van der Waals surface area contributed by atoms with E-state index in [2.05, 4.69) is 20.6 Å². The number of nitrogens with zero attached hydrogens (tertiary/aromatic N) is 3. The molecule has 8 heteroatoms. The molecule has 0 atom stereocenters. The molecule has 1 aromatic carbocycles. The fourth-order valence-electron chi connectivity index (χ4n) is 1.84. The summed E-state index contributed by atoms with van der Waals surface area (Å²) >= 11 is 5.65. The molecule has 2 heterocycles. The van der Waals surface area contributed by atoms with E-state index in [4.69, 9.17) is 11.6 Å². The van der Waals surface area contributed by atoms with E-state index in [1.165, 1.54) is 18.3 Å². The number of anilines is 1. The topological polar surface area (TPSA) is 92.7 Å². The first-order valence-corrected chi connectivity index (χ1v) is 6.69. The molecule has 3 rings (SSSR count). The Morgan fingerprint density at radius 3 is 2.59 bits per heavy atom. The average Bonchev–Trinajstić information content (AvgIpc) is 2.90. The van der Waals surface area contributed by atoms with Crippen LogP contribution >= 0.6 is 11.6 Å². The van der Waals surface area contributed by atoms with Crippen molar-refractivity contribution in [2.75, 3.05) is 5.32 Å². The highest BCUT2D eigenvalue weighted by Crippen LogP contribution is 2.07. The van der Waals surface area contributed by atoms with Crippen molar-refractivity contribution in [3.8, 4) is 5.82 Å². The Morgan fingerprint density at radius 1 is 1.14 bits per heavy atom. The Bertz CT molecular complexity index is 855. The van der Waals surface area contributed by atoms with E-state index in [-0.39, 0.29) is 22.6 Å². The standard InChI is InChI=1S/C14H10ClN5O2/c15-11-6-7-12(19-18-11)20-14(22)10(8-16-20)17-13(21)9-4-2-1-3-5-9/h1-8,16H,(H,17,21). The zero-order chi connectivity index (χ0) is 15.5. The lowest BCUT2D eigenvalue weighted by Crippen LogP contribution is -2.21. The third-order valence-electron chi connectivity index (χ3n) is 2.90. The van der Waals surface area contributed by atoms with E-state index in [1.54, 1.807) is 30.3 Å². The van der Waals surface area contributed by atoms with Gasteiger partial charge in [0.1, 0.15) is 5.69 Å². The molecular formula is C14H10ClN5O2. The number of nitrogens with one attached hydrogen (secondary N) is 2. The second-order valence-electron chi connectivity index (χ2n) is 4.36. The summed E-state index contributed by atoms with van der Waals surface area (Å²) < 4.78 is 1.16. The molecule has 22 heavy (non-hydrogen) atoms. The summed E-state index contributed by atoms with van der Waals surface area (Å²) in [7, 11) is 0. The molecule has 2 N–H and O–H groups in total. The van der Waals surface area contributed by atoms with Gasteiger partial charge in [0.2, 0.25) is 0 Å². The fourth-order valence-corrected chi connectivity index (χ4v) is 1.94. The van der Waals surface area contributed by atoms with Crippen LogP contribution in [-0.4, -0.2) is 25.9 Å². The van der Waals surface area contributed by atoms with Crippen molar-refractivity contribution >= 4 is 23.2 Å². The van der Waals surface area contributed by atoms with Crippen molar-refractivity contribution in [3.05, 3.63) is 69.7 Å². The second kappa shape index (κ2) is 5.82. The molecule has 0 aliphatic carbocycles. The smallest absolute Gasteiger partial charge is 0.296 e. The van der Waals surface area contributed by atoms with Crippen molar-refractivity contribution in [1.82, 2.24) is 20.0 Å². The number of aromatic amines is 1. The molecule has 3 aromatic rings. The Hall–Kier alpha value is -2.93. The number of hydrogen-bond acceptors (Lipinski definition) is 4. The Balaban J connectivity index is 1.86. The SMILES string of the molecule is O=C(Nc1c[nH]n(-c2ccc(Cl)nn2)c1=O)c1ccccc1. The van der Waals surface area contributed by atoms with Gasteiger partial charge in [-0.05, 0) is 24.3 Å². The molecule has 2 aromatic heterocycles. The molecule has 0 spiro atoms. The van der Waals surface area contributed by atoms with E-state index in [0.717, 1.165) is 4.68 Å². The van der Waals surface area contributed by atoms with Crippen LogP contribution in [0.3, 0.4) is 0 Å². The van der Waals surface area contributed by atoms with Crippen molar-refractivity contribution in [2.45, 2.75) is 0 Å². The van der Waals surface area contributed by atoms with Gasteiger partial charge in [0, 0.05) is 11.8 Å². The minimum absolute atomic E-state index is 0.116. The van der Waals surface area contributed by atoms with Crippen LogP contribution in [0.4, 0.5) is 5.69 Å². The molecule has 7 nitrogen and oxygen atoms in total. The molecule has 0 fully saturated rings. The van der Waals surface area contributed by atoms with Gasteiger partial charge in [-0.1, -0.05) is 29.8 Å². The number of halogens is 1. The minimum atomic E-state index is -0.444. The van der Waals surface area contributed by atoms with Crippen molar-refractivity contribution < 1.29 is 4.79 Å². The quantitative estimate of drug-likeness (QED) is 0.771. The van der Waals surface area contributed by atoms with Gasteiger partial charge in [-0.2, -0.15) is 4.68 Å². The van der Waals surface area contributed by atoms with E-state index >= 15 is 0 Å². The highest BCUT2D eigenvalue weighted by molar-refractivity contribution is 6.29. The first kappa shape index (κ1) is 14.0. The van der Waals surface area contributed by atoms with Crippen LogP contribution < -0.4 is 10.9 Å². The van der Waals surface area contributed by atoms with E-state index < -0.39 is 5.56 Å². The maximum Gasteiger partial charge on any atom is 0.296 e. The van der Waals surface area contributed by atoms with Gasteiger partial charge in [0.05, 0.1) is 0 Å². The van der Waals surface area contributed by atoms with Crippen molar-refractivity contribution in [1.29, 1.82) is 0 Å². The molecule has 0 radical (unpaired) electrons. The number of benzene rings is 1. The Labute approximate surface area is 129 Å². The normalized spacial score (nSPS) is 10.4. The average molecular weight is 316 g/mol. The summed E-state index contributed by atoms with van der Waals surface area (Å²) in [4.78, 5) is 24.3. The summed E-state index contributed by atoms with van der Waals surface area (Å²) in [5, 5.41) is 12.9. The lowest BCUT2D eigenvalue weighted by atomic mass is 10.2. The van der Waals surface area contributed by atoms with Gasteiger partial charge >= 0.3 is 0 Å². The highest BCUT2D eigenvalue weighted by Gasteiger charge is 2.12. The minimum Gasteiger partial charge on any atom is -0.316 e. The molecule has 0 aliphatic heterocycles. The van der Waals surface area contributed by atoms with Crippen molar-refractivity contribution in [3.63, 3.8) is 0 Å². The van der Waals surface area contributed by atoms with Crippen molar-refractivity contribution in [2.24, 2.45) is 0 Å². The number of aromatic nitrogens is 4. The predicted molar refractivity (Wildman–Crippen MR) is 81.4 cm³/mol. The van der Waals surface area contributed by atoms with Crippen LogP contribution in [0, 0.1) is 0 Å². The van der Waals surface area contributed by atoms with E-state index in [0.29, 0.717) is 5.56 Å². The maximum absolute atomic E-state index is 12.2. The zero-order valence-corrected chi connectivity index (χ0v) is 11.9. The highest BCUT2D eigenvalue weighted by atomic mass is 35.5. The van der Waals surface area contributed by atoms with E-state index in [1.807, 2.05) is 0 Å².